The molecule has 1 aromatic heterocycles. The summed E-state index contributed by atoms with van der Waals surface area (Å²) in [5.41, 5.74) is 6.70. The lowest BCUT2D eigenvalue weighted by Crippen LogP contribution is -2.15. The van der Waals surface area contributed by atoms with Crippen LogP contribution < -0.4 is 11.1 Å². The summed E-state index contributed by atoms with van der Waals surface area (Å²) >= 11 is 5.87. The number of hydrogen-bond donors (Lipinski definition) is 2. The number of hydrogen-bond acceptors (Lipinski definition) is 3. The molecule has 20 heavy (non-hydrogen) atoms. The van der Waals surface area contributed by atoms with Gasteiger partial charge < -0.3 is 11.1 Å². The van der Waals surface area contributed by atoms with Gasteiger partial charge in [0.05, 0.1) is 29.1 Å². The van der Waals surface area contributed by atoms with Crippen molar-refractivity contribution in [2.75, 3.05) is 11.1 Å². The van der Waals surface area contributed by atoms with Crippen LogP contribution in [0.15, 0.2) is 24.4 Å². The van der Waals surface area contributed by atoms with Crippen molar-refractivity contribution in [1.82, 2.24) is 9.78 Å². The Hall–Kier alpha value is -2.08. The number of anilines is 2. The highest BCUT2D eigenvalue weighted by molar-refractivity contribution is 6.31. The van der Waals surface area contributed by atoms with Gasteiger partial charge in [0.15, 0.2) is 0 Å². The van der Waals surface area contributed by atoms with Crippen LogP contribution in [0.25, 0.3) is 0 Å². The van der Waals surface area contributed by atoms with Crippen LogP contribution in [-0.2, 0) is 11.3 Å². The highest BCUT2D eigenvalue weighted by Crippen LogP contribution is 2.17. The molecule has 0 atom stereocenters. The van der Waals surface area contributed by atoms with Crippen LogP contribution >= 0.6 is 11.6 Å². The van der Waals surface area contributed by atoms with Crippen molar-refractivity contribution in [1.29, 1.82) is 0 Å². The molecule has 7 heteroatoms. The predicted octanol–water partition coefficient (Wildman–Crippen LogP) is 2.60. The van der Waals surface area contributed by atoms with E-state index in [1.54, 1.807) is 4.68 Å². The number of nitrogens with two attached hydrogens (primary N) is 1. The Bertz CT molecular complexity index is 641. The van der Waals surface area contributed by atoms with Gasteiger partial charge in [-0.3, -0.25) is 9.48 Å². The van der Waals surface area contributed by atoms with Gasteiger partial charge in [-0.15, -0.1) is 0 Å². The summed E-state index contributed by atoms with van der Waals surface area (Å²) < 4.78 is 14.6. The molecular weight excluding hydrogens is 283 g/mol. The van der Waals surface area contributed by atoms with Crippen molar-refractivity contribution in [2.24, 2.45) is 0 Å². The minimum absolute atomic E-state index is 0.00231. The molecule has 0 aliphatic carbocycles. The van der Waals surface area contributed by atoms with Crippen LogP contribution in [-0.4, -0.2) is 15.7 Å². The number of benzene rings is 1. The van der Waals surface area contributed by atoms with Crippen LogP contribution in [0.2, 0.25) is 5.02 Å². The number of halogens is 2. The first-order chi connectivity index (χ1) is 9.47. The highest BCUT2D eigenvalue weighted by Gasteiger charge is 2.08. The third-order valence-corrected chi connectivity index (χ3v) is 3.24. The zero-order chi connectivity index (χ0) is 14.7. The number of aromatic nitrogens is 2. The van der Waals surface area contributed by atoms with Crippen LogP contribution in [0.5, 0.6) is 0 Å². The average Bonchev–Trinajstić information content (AvgIpc) is 2.72. The van der Waals surface area contributed by atoms with Gasteiger partial charge in [0.1, 0.15) is 5.82 Å². The van der Waals surface area contributed by atoms with Gasteiger partial charge in [0.25, 0.3) is 0 Å². The number of carbonyl (C=O) groups excluding carboxylic acids is 1. The number of aryl methyl sites for hydroxylation is 1. The summed E-state index contributed by atoms with van der Waals surface area (Å²) in [7, 11) is 0. The standard InChI is InChI=1S/C13H14ClFN4O/c1-8-10(14)7-17-19(8)5-4-13(20)18-9-2-3-11(15)12(16)6-9/h2-3,6-7H,4-5,16H2,1H3,(H,18,20). The summed E-state index contributed by atoms with van der Waals surface area (Å²) in [6, 6.07) is 4.05. The Morgan fingerprint density at radius 1 is 1.55 bits per heavy atom. The minimum atomic E-state index is -0.509. The summed E-state index contributed by atoms with van der Waals surface area (Å²) in [5, 5.41) is 7.27. The number of rotatable bonds is 4. The largest absolute Gasteiger partial charge is 0.396 e. The quantitative estimate of drug-likeness (QED) is 0.852. The lowest BCUT2D eigenvalue weighted by Gasteiger charge is -2.07. The molecule has 5 nitrogen and oxygen atoms in total. The second kappa shape index (κ2) is 5.92. The van der Waals surface area contributed by atoms with Gasteiger partial charge in [0, 0.05) is 12.1 Å². The van der Waals surface area contributed by atoms with E-state index in [9.17, 15) is 9.18 Å². The minimum Gasteiger partial charge on any atom is -0.396 e. The van der Waals surface area contributed by atoms with Crippen molar-refractivity contribution in [2.45, 2.75) is 19.9 Å². The van der Waals surface area contributed by atoms with E-state index in [4.69, 9.17) is 17.3 Å². The highest BCUT2D eigenvalue weighted by atomic mass is 35.5. The van der Waals surface area contributed by atoms with Crippen LogP contribution in [0.4, 0.5) is 15.8 Å². The molecule has 0 spiro atoms. The molecule has 1 amide bonds. The molecule has 1 heterocycles. The smallest absolute Gasteiger partial charge is 0.226 e. The van der Waals surface area contributed by atoms with E-state index in [0.29, 0.717) is 17.3 Å². The maximum Gasteiger partial charge on any atom is 0.226 e. The lowest BCUT2D eigenvalue weighted by atomic mass is 10.2. The topological polar surface area (TPSA) is 72.9 Å². The van der Waals surface area contributed by atoms with Gasteiger partial charge in [0.2, 0.25) is 5.91 Å². The average molecular weight is 297 g/mol. The zero-order valence-corrected chi connectivity index (χ0v) is 11.6. The fraction of sp³-hybridized carbons (Fsp3) is 0.231. The fourth-order valence-corrected chi connectivity index (χ4v) is 1.84. The number of nitrogens with zero attached hydrogens (tertiary/aromatic N) is 2. The van der Waals surface area contributed by atoms with E-state index in [1.807, 2.05) is 6.92 Å². The summed E-state index contributed by atoms with van der Waals surface area (Å²) in [5.74, 6) is -0.716. The number of amides is 1. The van der Waals surface area contributed by atoms with Crippen LogP contribution in [0.1, 0.15) is 12.1 Å². The number of nitrogen functional groups attached to an aromatic ring is 1. The van der Waals surface area contributed by atoms with Crippen molar-refractivity contribution >= 4 is 28.9 Å². The predicted molar refractivity (Wildman–Crippen MR) is 76.0 cm³/mol. The van der Waals surface area contributed by atoms with Gasteiger partial charge in [-0.2, -0.15) is 5.10 Å². The molecule has 0 fully saturated rings. The Morgan fingerprint density at radius 3 is 2.90 bits per heavy atom. The molecule has 0 unspecified atom stereocenters. The molecule has 0 saturated heterocycles. The van der Waals surface area contributed by atoms with Crippen LogP contribution in [0, 0.1) is 12.7 Å². The zero-order valence-electron chi connectivity index (χ0n) is 10.9. The Balaban J connectivity index is 1.92. The molecule has 0 aliphatic rings. The molecule has 2 rings (SSSR count). The molecule has 0 bridgehead atoms. The Labute approximate surface area is 120 Å². The van der Waals surface area contributed by atoms with E-state index in [2.05, 4.69) is 10.4 Å². The van der Waals surface area contributed by atoms with E-state index >= 15 is 0 Å². The first kappa shape index (κ1) is 14.3. The molecule has 2 aromatic rings. The first-order valence-electron chi connectivity index (χ1n) is 6.00. The lowest BCUT2D eigenvalue weighted by molar-refractivity contribution is -0.116. The van der Waals surface area contributed by atoms with Gasteiger partial charge in [-0.1, -0.05) is 11.6 Å². The first-order valence-corrected chi connectivity index (χ1v) is 6.38. The number of nitrogens with one attached hydrogen (secondary N) is 1. The molecule has 3 N–H and O–H groups in total. The fourth-order valence-electron chi connectivity index (χ4n) is 1.70. The normalized spacial score (nSPS) is 10.6. The Morgan fingerprint density at radius 2 is 2.30 bits per heavy atom. The molecule has 0 saturated carbocycles. The van der Waals surface area contributed by atoms with Crippen molar-refractivity contribution in [3.8, 4) is 0 Å². The molecular formula is C13H14ClFN4O. The SMILES string of the molecule is Cc1c(Cl)cnn1CCC(=O)Nc1ccc(F)c(N)c1. The third kappa shape index (κ3) is 3.27. The van der Waals surface area contributed by atoms with Crippen LogP contribution in [0.3, 0.4) is 0 Å². The second-order valence-corrected chi connectivity index (χ2v) is 4.74. The van der Waals surface area contributed by atoms with E-state index < -0.39 is 5.82 Å². The molecule has 106 valence electrons. The van der Waals surface area contributed by atoms with Crippen molar-refractivity contribution in [3.05, 3.63) is 40.9 Å². The van der Waals surface area contributed by atoms with Gasteiger partial charge in [-0.05, 0) is 25.1 Å². The maximum absolute atomic E-state index is 13.0. The van der Waals surface area contributed by atoms with E-state index in [1.165, 1.54) is 24.4 Å². The maximum atomic E-state index is 13.0. The summed E-state index contributed by atoms with van der Waals surface area (Å²) in [6.07, 6.45) is 1.77. The second-order valence-electron chi connectivity index (χ2n) is 4.34. The van der Waals surface area contributed by atoms with Crippen molar-refractivity contribution < 1.29 is 9.18 Å². The van der Waals surface area contributed by atoms with Gasteiger partial charge in [-0.25, -0.2) is 4.39 Å². The monoisotopic (exact) mass is 296 g/mol. The van der Waals surface area contributed by atoms with Crippen molar-refractivity contribution in [3.63, 3.8) is 0 Å². The molecule has 1 aromatic carbocycles. The van der Waals surface area contributed by atoms with E-state index in [0.717, 1.165) is 5.69 Å². The Kier molecular flexibility index (Phi) is 4.24. The van der Waals surface area contributed by atoms with Gasteiger partial charge >= 0.3 is 0 Å². The third-order valence-electron chi connectivity index (χ3n) is 2.87. The summed E-state index contributed by atoms with van der Waals surface area (Å²) in [6.45, 7) is 2.25. The molecule has 0 aliphatic heterocycles. The number of carbonyl (C=O) groups is 1. The van der Waals surface area contributed by atoms with E-state index in [-0.39, 0.29) is 18.0 Å². The molecule has 0 radical (unpaired) electrons. The summed E-state index contributed by atoms with van der Waals surface area (Å²) in [4.78, 5) is 11.8.